The molecule has 1 aromatic carbocycles. The van der Waals surface area contributed by atoms with Crippen LogP contribution in [0.2, 0.25) is 0 Å². The Balaban J connectivity index is 1.37. The number of morpholine rings is 1. The number of nitrogens with zero attached hydrogens (tertiary/aromatic N) is 2. The van der Waals surface area contributed by atoms with Crippen LogP contribution >= 0.6 is 0 Å². The minimum absolute atomic E-state index is 0.0488. The van der Waals surface area contributed by atoms with E-state index in [1.807, 2.05) is 4.90 Å². The highest BCUT2D eigenvalue weighted by Crippen LogP contribution is 2.20. The van der Waals surface area contributed by atoms with E-state index < -0.39 is 0 Å². The second kappa shape index (κ2) is 9.09. The molecule has 0 radical (unpaired) electrons. The first-order chi connectivity index (χ1) is 12.6. The highest BCUT2D eigenvalue weighted by molar-refractivity contribution is 5.79. The molecule has 0 atom stereocenters. The van der Waals surface area contributed by atoms with Crippen molar-refractivity contribution in [2.24, 2.45) is 5.92 Å². The fourth-order valence-corrected chi connectivity index (χ4v) is 3.44. The molecule has 3 rings (SSSR count). The van der Waals surface area contributed by atoms with Gasteiger partial charge in [0.2, 0.25) is 11.8 Å². The van der Waals surface area contributed by atoms with Gasteiger partial charge in [-0.25, -0.2) is 4.39 Å². The molecule has 2 aliphatic rings. The Kier molecular flexibility index (Phi) is 6.57. The van der Waals surface area contributed by atoms with Crippen molar-refractivity contribution in [1.82, 2.24) is 15.1 Å². The van der Waals surface area contributed by atoms with Crippen molar-refractivity contribution in [1.29, 1.82) is 0 Å². The molecule has 6 nitrogen and oxygen atoms in total. The summed E-state index contributed by atoms with van der Waals surface area (Å²) in [4.78, 5) is 28.6. The molecule has 1 aromatic rings. The topological polar surface area (TPSA) is 61.9 Å². The largest absolute Gasteiger partial charge is 0.378 e. The molecule has 2 amide bonds. The molecule has 7 heteroatoms. The summed E-state index contributed by atoms with van der Waals surface area (Å²) < 4.78 is 18.2. The summed E-state index contributed by atoms with van der Waals surface area (Å²) in [6.07, 6.45) is 1.59. The van der Waals surface area contributed by atoms with Crippen molar-refractivity contribution in [3.05, 3.63) is 35.6 Å². The SMILES string of the molecule is O=C(CN1CCC(C(=O)N2CCOCC2)CC1)NCc1ccc(F)cc1. The van der Waals surface area contributed by atoms with Gasteiger partial charge in [-0.15, -0.1) is 0 Å². The van der Waals surface area contributed by atoms with Crippen molar-refractivity contribution < 1.29 is 18.7 Å². The monoisotopic (exact) mass is 363 g/mol. The molecule has 0 bridgehead atoms. The second-order valence-electron chi connectivity index (χ2n) is 6.89. The van der Waals surface area contributed by atoms with Crippen LogP contribution in [-0.2, 0) is 20.9 Å². The number of likely N-dealkylation sites (tertiary alicyclic amines) is 1. The summed E-state index contributed by atoms with van der Waals surface area (Å²) in [5.41, 5.74) is 0.870. The van der Waals surface area contributed by atoms with E-state index in [0.717, 1.165) is 31.5 Å². The molecule has 26 heavy (non-hydrogen) atoms. The van der Waals surface area contributed by atoms with E-state index in [4.69, 9.17) is 4.74 Å². The molecule has 2 saturated heterocycles. The maximum Gasteiger partial charge on any atom is 0.234 e. The van der Waals surface area contributed by atoms with Crippen LogP contribution in [0.15, 0.2) is 24.3 Å². The number of ether oxygens (including phenoxy) is 1. The molecular formula is C19H26FN3O3. The lowest BCUT2D eigenvalue weighted by molar-refractivity contribution is -0.141. The van der Waals surface area contributed by atoms with E-state index in [-0.39, 0.29) is 23.5 Å². The highest BCUT2D eigenvalue weighted by Gasteiger charge is 2.29. The van der Waals surface area contributed by atoms with Gasteiger partial charge < -0.3 is 15.0 Å². The van der Waals surface area contributed by atoms with Crippen LogP contribution in [0.4, 0.5) is 4.39 Å². The van der Waals surface area contributed by atoms with E-state index in [0.29, 0.717) is 39.4 Å². The maximum absolute atomic E-state index is 12.9. The van der Waals surface area contributed by atoms with E-state index in [1.165, 1.54) is 12.1 Å². The van der Waals surface area contributed by atoms with Gasteiger partial charge in [0.25, 0.3) is 0 Å². The molecular weight excluding hydrogens is 337 g/mol. The van der Waals surface area contributed by atoms with Crippen LogP contribution in [-0.4, -0.2) is 67.6 Å². The summed E-state index contributed by atoms with van der Waals surface area (Å²) in [6, 6.07) is 6.10. The van der Waals surface area contributed by atoms with Gasteiger partial charge in [-0.3, -0.25) is 14.5 Å². The Bertz CT molecular complexity index is 609. The third-order valence-electron chi connectivity index (χ3n) is 5.03. The zero-order valence-corrected chi connectivity index (χ0v) is 15.0. The normalized spacial score (nSPS) is 19.3. The van der Waals surface area contributed by atoms with Gasteiger partial charge in [0.15, 0.2) is 0 Å². The van der Waals surface area contributed by atoms with Crippen LogP contribution in [0.3, 0.4) is 0 Å². The number of rotatable bonds is 5. The molecule has 0 spiro atoms. The van der Waals surface area contributed by atoms with Crippen molar-refractivity contribution in [2.45, 2.75) is 19.4 Å². The first-order valence-corrected chi connectivity index (χ1v) is 9.22. The number of carbonyl (C=O) groups excluding carboxylic acids is 2. The molecule has 0 unspecified atom stereocenters. The number of nitrogens with one attached hydrogen (secondary N) is 1. The van der Waals surface area contributed by atoms with Gasteiger partial charge in [0.05, 0.1) is 19.8 Å². The van der Waals surface area contributed by atoms with Gasteiger partial charge >= 0.3 is 0 Å². The first kappa shape index (κ1) is 18.8. The number of hydrogen-bond acceptors (Lipinski definition) is 4. The number of piperidine rings is 1. The van der Waals surface area contributed by atoms with Crippen LogP contribution in [0.5, 0.6) is 0 Å². The van der Waals surface area contributed by atoms with E-state index >= 15 is 0 Å². The number of amides is 2. The molecule has 142 valence electrons. The zero-order valence-electron chi connectivity index (χ0n) is 15.0. The Morgan fingerprint density at radius 2 is 1.73 bits per heavy atom. The van der Waals surface area contributed by atoms with Crippen LogP contribution in [0, 0.1) is 11.7 Å². The van der Waals surface area contributed by atoms with Gasteiger partial charge in [0.1, 0.15) is 5.82 Å². The number of benzene rings is 1. The Labute approximate surface area is 153 Å². The quantitative estimate of drug-likeness (QED) is 0.848. The van der Waals surface area contributed by atoms with Gasteiger partial charge in [-0.2, -0.15) is 0 Å². The molecule has 0 aliphatic carbocycles. The summed E-state index contributed by atoms with van der Waals surface area (Å²) in [7, 11) is 0. The van der Waals surface area contributed by atoms with Crippen LogP contribution in [0.1, 0.15) is 18.4 Å². The summed E-state index contributed by atoms with van der Waals surface area (Å²) in [6.45, 7) is 4.85. The summed E-state index contributed by atoms with van der Waals surface area (Å²) >= 11 is 0. The Morgan fingerprint density at radius 1 is 1.08 bits per heavy atom. The van der Waals surface area contributed by atoms with E-state index in [9.17, 15) is 14.0 Å². The average Bonchev–Trinajstić information content (AvgIpc) is 2.68. The van der Waals surface area contributed by atoms with Crippen molar-refractivity contribution >= 4 is 11.8 Å². The third kappa shape index (κ3) is 5.25. The van der Waals surface area contributed by atoms with E-state index in [2.05, 4.69) is 10.2 Å². The number of hydrogen-bond donors (Lipinski definition) is 1. The summed E-state index contributed by atoms with van der Waals surface area (Å²) in [5.74, 6) is -0.0396. The lowest BCUT2D eigenvalue weighted by atomic mass is 9.95. The first-order valence-electron chi connectivity index (χ1n) is 9.22. The van der Waals surface area contributed by atoms with Gasteiger partial charge in [-0.1, -0.05) is 12.1 Å². The van der Waals surface area contributed by atoms with Crippen LogP contribution in [0.25, 0.3) is 0 Å². The van der Waals surface area contributed by atoms with Crippen molar-refractivity contribution in [3.8, 4) is 0 Å². The highest BCUT2D eigenvalue weighted by atomic mass is 19.1. The van der Waals surface area contributed by atoms with Gasteiger partial charge in [-0.05, 0) is 43.6 Å². The molecule has 2 fully saturated rings. The standard InChI is InChI=1S/C19H26FN3O3/c20-17-3-1-15(2-4-17)13-21-18(24)14-22-7-5-16(6-8-22)19(25)23-9-11-26-12-10-23/h1-4,16H,5-14H2,(H,21,24). The smallest absolute Gasteiger partial charge is 0.234 e. The Hall–Kier alpha value is -1.99. The van der Waals surface area contributed by atoms with Crippen molar-refractivity contribution in [3.63, 3.8) is 0 Å². The van der Waals surface area contributed by atoms with E-state index in [1.54, 1.807) is 12.1 Å². The molecule has 2 heterocycles. The summed E-state index contributed by atoms with van der Waals surface area (Å²) in [5, 5.41) is 2.86. The lowest BCUT2D eigenvalue weighted by Crippen LogP contribution is -2.48. The lowest BCUT2D eigenvalue weighted by Gasteiger charge is -2.35. The molecule has 1 N–H and O–H groups in total. The Morgan fingerprint density at radius 3 is 2.38 bits per heavy atom. The predicted molar refractivity (Wildman–Crippen MR) is 94.8 cm³/mol. The average molecular weight is 363 g/mol. The fourth-order valence-electron chi connectivity index (χ4n) is 3.44. The molecule has 2 aliphatic heterocycles. The number of halogens is 1. The molecule has 0 aromatic heterocycles. The minimum atomic E-state index is -0.283. The third-order valence-corrected chi connectivity index (χ3v) is 5.03. The zero-order chi connectivity index (χ0) is 18.4. The number of carbonyl (C=O) groups is 2. The minimum Gasteiger partial charge on any atom is -0.378 e. The van der Waals surface area contributed by atoms with Crippen molar-refractivity contribution in [2.75, 3.05) is 45.9 Å². The predicted octanol–water partition coefficient (Wildman–Crippen LogP) is 1.01. The molecule has 0 saturated carbocycles. The fraction of sp³-hybridized carbons (Fsp3) is 0.579. The maximum atomic E-state index is 12.9. The van der Waals surface area contributed by atoms with Crippen LogP contribution < -0.4 is 5.32 Å². The van der Waals surface area contributed by atoms with Gasteiger partial charge in [0, 0.05) is 25.6 Å². The second-order valence-corrected chi connectivity index (χ2v) is 6.89.